The predicted molar refractivity (Wildman–Crippen MR) is 115 cm³/mol. The zero-order valence-corrected chi connectivity index (χ0v) is 18.6. The van der Waals surface area contributed by atoms with E-state index in [0.717, 1.165) is 19.3 Å². The van der Waals surface area contributed by atoms with Crippen LogP contribution in [0.5, 0.6) is 0 Å². The topological polar surface area (TPSA) is 75.7 Å². The van der Waals surface area contributed by atoms with Gasteiger partial charge in [-0.15, -0.1) is 0 Å². The molecule has 1 N–H and O–H groups in total. The van der Waals surface area contributed by atoms with Gasteiger partial charge in [-0.2, -0.15) is 0 Å². The number of ether oxygens (including phenoxy) is 1. The van der Waals surface area contributed by atoms with Crippen LogP contribution >= 0.6 is 15.9 Å². The zero-order valence-electron chi connectivity index (χ0n) is 17.1. The van der Waals surface area contributed by atoms with E-state index >= 15 is 0 Å². The van der Waals surface area contributed by atoms with Crippen LogP contribution in [0.2, 0.25) is 0 Å². The molecule has 2 bridgehead atoms. The number of halogens is 1. The minimum Gasteiger partial charge on any atom is -0.461 e. The van der Waals surface area contributed by atoms with Crippen LogP contribution in [0.25, 0.3) is 0 Å². The van der Waals surface area contributed by atoms with E-state index in [1.165, 1.54) is 19.3 Å². The number of carbonyl (C=O) groups is 3. The van der Waals surface area contributed by atoms with E-state index in [9.17, 15) is 14.4 Å². The number of nitrogens with one attached hydrogen (secondary N) is 1. The molecule has 6 atom stereocenters. The fourth-order valence-corrected chi connectivity index (χ4v) is 7.13. The summed E-state index contributed by atoms with van der Waals surface area (Å²) in [6.45, 7) is 0. The molecule has 6 nitrogen and oxygen atoms in total. The highest BCUT2D eigenvalue weighted by atomic mass is 79.9. The Kier molecular flexibility index (Phi) is 5.12. The molecule has 1 aromatic rings. The summed E-state index contributed by atoms with van der Waals surface area (Å²) in [5.74, 6) is -0.744. The monoisotopic (exact) mass is 474 g/mol. The number of esters is 1. The first-order chi connectivity index (χ1) is 14.5. The normalized spacial score (nSPS) is 34.7. The number of hydrogen-bond donors (Lipinski definition) is 1. The Morgan fingerprint density at radius 2 is 1.80 bits per heavy atom. The second-order valence-corrected chi connectivity index (χ2v) is 10.3. The van der Waals surface area contributed by atoms with Crippen molar-refractivity contribution in [2.45, 2.75) is 55.5 Å². The molecule has 2 amide bonds. The van der Waals surface area contributed by atoms with E-state index in [1.54, 1.807) is 24.3 Å². The first-order valence-corrected chi connectivity index (χ1v) is 11.9. The molecule has 1 saturated heterocycles. The molecule has 4 fully saturated rings. The third-order valence-electron chi connectivity index (χ3n) is 7.67. The van der Waals surface area contributed by atoms with Gasteiger partial charge in [0.1, 0.15) is 6.10 Å². The summed E-state index contributed by atoms with van der Waals surface area (Å²) in [5, 5.41) is 2.96. The standard InChI is InChI=1S/C23H27BrN2O4/c1-26(14-5-3-2-4-6-14)22(28)12-7-9-13(10-8-12)25-21(27)17-15-11-16-18(17)23(29)30-20(16)19(15)24/h7-10,14-20H,2-6,11H2,1H3,(H,25,27)/t15-,16-,17-,18-,19+,20+/m1/s1. The third kappa shape index (κ3) is 3.17. The molecule has 1 heterocycles. The predicted octanol–water partition coefficient (Wildman–Crippen LogP) is 3.60. The molecule has 5 rings (SSSR count). The quantitative estimate of drug-likeness (QED) is 0.534. The summed E-state index contributed by atoms with van der Waals surface area (Å²) < 4.78 is 5.49. The Labute approximate surface area is 184 Å². The van der Waals surface area contributed by atoms with Crippen LogP contribution in [-0.4, -0.2) is 46.7 Å². The molecule has 7 heteroatoms. The summed E-state index contributed by atoms with van der Waals surface area (Å²) in [4.78, 5) is 40.0. The van der Waals surface area contributed by atoms with Crippen molar-refractivity contribution in [2.24, 2.45) is 23.7 Å². The first kappa shape index (κ1) is 20.0. The molecular formula is C23H27BrN2O4. The van der Waals surface area contributed by atoms with Gasteiger partial charge in [0.15, 0.2) is 0 Å². The SMILES string of the molecule is CN(C(=O)c1ccc(NC(=O)[C@@H]2[C@H]3C[C@H]4[C@H](OC(=O)[C@H]42)[C@H]3Br)cc1)C1CCCCC1. The average Bonchev–Trinajstić information content (AvgIpc) is 3.38. The van der Waals surface area contributed by atoms with Crippen molar-refractivity contribution in [3.8, 4) is 0 Å². The molecule has 0 aromatic heterocycles. The molecule has 3 aliphatic carbocycles. The Morgan fingerprint density at radius 1 is 1.10 bits per heavy atom. The van der Waals surface area contributed by atoms with Crippen molar-refractivity contribution in [3.63, 3.8) is 0 Å². The molecule has 3 saturated carbocycles. The maximum atomic E-state index is 13.0. The van der Waals surface area contributed by atoms with E-state index in [-0.39, 0.29) is 52.4 Å². The first-order valence-electron chi connectivity index (χ1n) is 11.0. The number of fused-ring (bicyclic) bond motifs is 1. The highest BCUT2D eigenvalue weighted by Gasteiger charge is 2.67. The van der Waals surface area contributed by atoms with Crippen molar-refractivity contribution in [1.29, 1.82) is 0 Å². The molecule has 160 valence electrons. The van der Waals surface area contributed by atoms with Crippen molar-refractivity contribution >= 4 is 39.4 Å². The summed E-state index contributed by atoms with van der Waals surface area (Å²) in [7, 11) is 1.88. The van der Waals surface area contributed by atoms with Crippen LogP contribution in [-0.2, 0) is 14.3 Å². The van der Waals surface area contributed by atoms with Crippen molar-refractivity contribution < 1.29 is 19.1 Å². The lowest BCUT2D eigenvalue weighted by Gasteiger charge is -2.31. The van der Waals surface area contributed by atoms with E-state index in [2.05, 4.69) is 21.2 Å². The fourth-order valence-electron chi connectivity index (χ4n) is 6.09. The van der Waals surface area contributed by atoms with Crippen LogP contribution < -0.4 is 5.32 Å². The second kappa shape index (κ2) is 7.66. The highest BCUT2D eigenvalue weighted by molar-refractivity contribution is 9.09. The molecule has 4 aliphatic rings. The van der Waals surface area contributed by atoms with E-state index < -0.39 is 0 Å². The molecule has 1 aliphatic heterocycles. The van der Waals surface area contributed by atoms with Crippen LogP contribution in [0.15, 0.2) is 24.3 Å². The van der Waals surface area contributed by atoms with Gasteiger partial charge in [0.2, 0.25) is 5.91 Å². The van der Waals surface area contributed by atoms with Crippen LogP contribution in [0, 0.1) is 23.7 Å². The Hall–Kier alpha value is -1.89. The lowest BCUT2D eigenvalue weighted by molar-refractivity contribution is -0.145. The van der Waals surface area contributed by atoms with Crippen LogP contribution in [0.3, 0.4) is 0 Å². The number of nitrogens with zero attached hydrogens (tertiary/aromatic N) is 1. The number of rotatable bonds is 4. The minimum absolute atomic E-state index is 0.0229. The number of amides is 2. The van der Waals surface area contributed by atoms with Gasteiger partial charge < -0.3 is 15.0 Å². The smallest absolute Gasteiger partial charge is 0.310 e. The molecule has 0 radical (unpaired) electrons. The lowest BCUT2D eigenvalue weighted by Crippen LogP contribution is -2.40. The highest BCUT2D eigenvalue weighted by Crippen LogP contribution is 2.60. The number of carbonyl (C=O) groups excluding carboxylic acids is 3. The number of alkyl halides is 1. The van der Waals surface area contributed by atoms with E-state index in [4.69, 9.17) is 4.74 Å². The average molecular weight is 475 g/mol. The van der Waals surface area contributed by atoms with Gasteiger partial charge in [0.05, 0.1) is 16.7 Å². The maximum absolute atomic E-state index is 13.0. The largest absolute Gasteiger partial charge is 0.461 e. The summed E-state index contributed by atoms with van der Waals surface area (Å²) in [6, 6.07) is 7.40. The number of benzene rings is 1. The van der Waals surface area contributed by atoms with Crippen molar-refractivity contribution in [3.05, 3.63) is 29.8 Å². The summed E-state index contributed by atoms with van der Waals surface area (Å²) in [5.41, 5.74) is 1.28. The van der Waals surface area contributed by atoms with Gasteiger partial charge in [-0.25, -0.2) is 0 Å². The second-order valence-electron chi connectivity index (χ2n) is 9.24. The zero-order chi connectivity index (χ0) is 21.0. The maximum Gasteiger partial charge on any atom is 0.310 e. The van der Waals surface area contributed by atoms with E-state index in [0.29, 0.717) is 17.3 Å². The summed E-state index contributed by atoms with van der Waals surface area (Å²) in [6.07, 6.45) is 6.53. The van der Waals surface area contributed by atoms with Gasteiger partial charge in [-0.05, 0) is 49.4 Å². The molecule has 0 unspecified atom stereocenters. The molecule has 0 spiro atoms. The molecule has 30 heavy (non-hydrogen) atoms. The fraction of sp³-hybridized carbons (Fsp3) is 0.609. The Morgan fingerprint density at radius 3 is 2.50 bits per heavy atom. The van der Waals surface area contributed by atoms with E-state index in [1.807, 2.05) is 11.9 Å². The number of hydrogen-bond acceptors (Lipinski definition) is 4. The molecule has 1 aromatic carbocycles. The third-order valence-corrected chi connectivity index (χ3v) is 8.87. The van der Waals surface area contributed by atoms with Gasteiger partial charge in [0.25, 0.3) is 5.91 Å². The number of anilines is 1. The van der Waals surface area contributed by atoms with Crippen molar-refractivity contribution in [1.82, 2.24) is 4.90 Å². The van der Waals surface area contributed by atoms with Crippen LogP contribution in [0.4, 0.5) is 5.69 Å². The minimum atomic E-state index is -0.357. The van der Waals surface area contributed by atoms with Crippen LogP contribution in [0.1, 0.15) is 48.9 Å². The molecular weight excluding hydrogens is 448 g/mol. The Balaban J connectivity index is 1.25. The lowest BCUT2D eigenvalue weighted by atomic mass is 9.79. The Bertz CT molecular complexity index is 866. The van der Waals surface area contributed by atoms with Gasteiger partial charge in [-0.3, -0.25) is 14.4 Å². The van der Waals surface area contributed by atoms with Gasteiger partial charge >= 0.3 is 5.97 Å². The van der Waals surface area contributed by atoms with Gasteiger partial charge in [-0.1, -0.05) is 35.2 Å². The summed E-state index contributed by atoms with van der Waals surface area (Å²) >= 11 is 3.64. The van der Waals surface area contributed by atoms with Gasteiger partial charge in [0, 0.05) is 30.3 Å². The van der Waals surface area contributed by atoms with Crippen molar-refractivity contribution in [2.75, 3.05) is 12.4 Å².